The van der Waals surface area contributed by atoms with Gasteiger partial charge in [0.15, 0.2) is 0 Å². The molecule has 0 spiro atoms. The van der Waals surface area contributed by atoms with E-state index < -0.39 is 11.7 Å². The van der Waals surface area contributed by atoms with Crippen molar-refractivity contribution in [3.63, 3.8) is 0 Å². The molecule has 7 heteroatoms. The van der Waals surface area contributed by atoms with Gasteiger partial charge in [0.2, 0.25) is 5.91 Å². The van der Waals surface area contributed by atoms with Crippen LogP contribution in [0.4, 0.5) is 4.39 Å². The Morgan fingerprint density at radius 1 is 1.27 bits per heavy atom. The number of amides is 2. The number of carbonyl (C=O) groups is 2. The molecule has 140 valence electrons. The van der Waals surface area contributed by atoms with Crippen molar-refractivity contribution >= 4 is 23.4 Å². The summed E-state index contributed by atoms with van der Waals surface area (Å²) >= 11 is 5.86. The minimum atomic E-state index is -0.512. The van der Waals surface area contributed by atoms with Crippen molar-refractivity contribution in [3.8, 4) is 0 Å². The van der Waals surface area contributed by atoms with E-state index in [0.29, 0.717) is 12.3 Å². The molecule has 0 atom stereocenters. The molecule has 0 bridgehead atoms. The molecule has 0 radical (unpaired) electrons. The first-order chi connectivity index (χ1) is 12.3. The van der Waals surface area contributed by atoms with Crippen LogP contribution in [0.5, 0.6) is 0 Å². The zero-order chi connectivity index (χ0) is 19.3. The molecule has 1 aromatic heterocycles. The van der Waals surface area contributed by atoms with E-state index in [1.165, 1.54) is 6.07 Å². The molecule has 1 N–H and O–H groups in total. The molecule has 5 nitrogen and oxygen atoms in total. The first-order valence-corrected chi connectivity index (χ1v) is 8.73. The second-order valence-electron chi connectivity index (χ2n) is 6.26. The van der Waals surface area contributed by atoms with Crippen LogP contribution in [-0.4, -0.2) is 29.3 Å². The Morgan fingerprint density at radius 3 is 2.58 bits per heavy atom. The SMILES string of the molecule is Cc1ccc(CN(C(=O)CCNC(=O)c2ccc(F)cc2Cl)C(C)C)o1. The lowest BCUT2D eigenvalue weighted by Crippen LogP contribution is -2.38. The molecular formula is C19H22ClFN2O3. The van der Waals surface area contributed by atoms with Gasteiger partial charge in [-0.2, -0.15) is 0 Å². The van der Waals surface area contributed by atoms with Crippen LogP contribution >= 0.6 is 11.6 Å². The van der Waals surface area contributed by atoms with Gasteiger partial charge in [-0.05, 0) is 51.1 Å². The number of nitrogens with zero attached hydrogens (tertiary/aromatic N) is 1. The highest BCUT2D eigenvalue weighted by Gasteiger charge is 2.19. The third kappa shape index (κ3) is 5.33. The minimum Gasteiger partial charge on any atom is -0.464 e. The molecule has 0 unspecified atom stereocenters. The Labute approximate surface area is 157 Å². The van der Waals surface area contributed by atoms with E-state index in [1.54, 1.807) is 4.90 Å². The third-order valence-electron chi connectivity index (χ3n) is 3.87. The van der Waals surface area contributed by atoms with Crippen molar-refractivity contribution in [2.75, 3.05) is 6.54 Å². The lowest BCUT2D eigenvalue weighted by molar-refractivity contribution is -0.133. The first kappa shape index (κ1) is 20.0. The van der Waals surface area contributed by atoms with Gasteiger partial charge >= 0.3 is 0 Å². The van der Waals surface area contributed by atoms with Gasteiger partial charge < -0.3 is 14.6 Å². The fourth-order valence-electron chi connectivity index (χ4n) is 2.49. The number of rotatable bonds is 7. The van der Waals surface area contributed by atoms with Crippen molar-refractivity contribution in [1.82, 2.24) is 10.2 Å². The fraction of sp³-hybridized carbons (Fsp3) is 0.368. The predicted octanol–water partition coefficient (Wildman–Crippen LogP) is 3.94. The van der Waals surface area contributed by atoms with E-state index in [4.69, 9.17) is 16.0 Å². The van der Waals surface area contributed by atoms with Crippen molar-refractivity contribution in [2.24, 2.45) is 0 Å². The summed E-state index contributed by atoms with van der Waals surface area (Å²) in [5.74, 6) is 0.453. The summed E-state index contributed by atoms with van der Waals surface area (Å²) in [5, 5.41) is 2.67. The Morgan fingerprint density at radius 2 is 2.00 bits per heavy atom. The van der Waals surface area contributed by atoms with Crippen molar-refractivity contribution in [3.05, 3.63) is 58.3 Å². The van der Waals surface area contributed by atoms with Gasteiger partial charge in [-0.25, -0.2) is 4.39 Å². The minimum absolute atomic E-state index is 0.00449. The zero-order valence-electron chi connectivity index (χ0n) is 15.0. The molecule has 26 heavy (non-hydrogen) atoms. The first-order valence-electron chi connectivity index (χ1n) is 8.36. The Bertz CT molecular complexity index is 789. The molecule has 0 fully saturated rings. The van der Waals surface area contributed by atoms with E-state index in [-0.39, 0.29) is 35.5 Å². The van der Waals surface area contributed by atoms with Gasteiger partial charge in [0, 0.05) is 19.0 Å². The number of nitrogens with one attached hydrogen (secondary N) is 1. The second kappa shape index (κ2) is 8.85. The maximum Gasteiger partial charge on any atom is 0.252 e. The van der Waals surface area contributed by atoms with Gasteiger partial charge in [0.1, 0.15) is 17.3 Å². The molecule has 2 rings (SSSR count). The summed E-state index contributed by atoms with van der Waals surface area (Å²) < 4.78 is 18.6. The summed E-state index contributed by atoms with van der Waals surface area (Å²) in [7, 11) is 0. The number of hydrogen-bond acceptors (Lipinski definition) is 3. The maximum atomic E-state index is 13.0. The number of furan rings is 1. The summed E-state index contributed by atoms with van der Waals surface area (Å²) in [6.07, 6.45) is 0.141. The molecule has 0 aliphatic carbocycles. The van der Waals surface area contributed by atoms with Crippen LogP contribution in [0.3, 0.4) is 0 Å². The van der Waals surface area contributed by atoms with E-state index in [0.717, 1.165) is 17.9 Å². The molecule has 1 aromatic carbocycles. The third-order valence-corrected chi connectivity index (χ3v) is 4.18. The lowest BCUT2D eigenvalue weighted by atomic mass is 10.2. The summed E-state index contributed by atoms with van der Waals surface area (Å²) in [6, 6.07) is 7.25. The van der Waals surface area contributed by atoms with Gasteiger partial charge in [-0.1, -0.05) is 11.6 Å². The molecule has 2 amide bonds. The quantitative estimate of drug-likeness (QED) is 0.791. The van der Waals surface area contributed by atoms with E-state index in [1.807, 2.05) is 32.9 Å². The maximum absolute atomic E-state index is 13.0. The Hall–Kier alpha value is -2.34. The van der Waals surface area contributed by atoms with Crippen LogP contribution in [0.2, 0.25) is 5.02 Å². The summed E-state index contributed by atoms with van der Waals surface area (Å²) in [4.78, 5) is 26.3. The van der Waals surface area contributed by atoms with Gasteiger partial charge in [0.05, 0.1) is 17.1 Å². The highest BCUT2D eigenvalue weighted by molar-refractivity contribution is 6.33. The number of benzene rings is 1. The molecule has 0 aliphatic rings. The number of halogens is 2. The van der Waals surface area contributed by atoms with Crippen LogP contribution < -0.4 is 5.32 Å². The number of carbonyl (C=O) groups excluding carboxylic acids is 2. The highest BCUT2D eigenvalue weighted by atomic mass is 35.5. The van der Waals surface area contributed by atoms with Gasteiger partial charge in [-0.3, -0.25) is 9.59 Å². The van der Waals surface area contributed by atoms with Gasteiger partial charge in [-0.15, -0.1) is 0 Å². The predicted molar refractivity (Wildman–Crippen MR) is 97.5 cm³/mol. The standard InChI is InChI=1S/C19H22ClFN2O3/c1-12(2)23(11-15-6-4-13(3)26-15)18(24)8-9-22-19(25)16-7-5-14(21)10-17(16)20/h4-7,10,12H,8-9,11H2,1-3H3,(H,22,25). The van der Waals surface area contributed by atoms with Crippen molar-refractivity contribution < 1.29 is 18.4 Å². The van der Waals surface area contributed by atoms with E-state index >= 15 is 0 Å². The van der Waals surface area contributed by atoms with E-state index in [2.05, 4.69) is 5.32 Å². The second-order valence-corrected chi connectivity index (χ2v) is 6.67. The normalized spacial score (nSPS) is 10.8. The molecule has 0 saturated heterocycles. The largest absolute Gasteiger partial charge is 0.464 e. The monoisotopic (exact) mass is 380 g/mol. The molecule has 2 aromatic rings. The Kier molecular flexibility index (Phi) is 6.80. The van der Waals surface area contributed by atoms with Crippen LogP contribution in [0, 0.1) is 12.7 Å². The summed E-state index contributed by atoms with van der Waals surface area (Å²) in [5.41, 5.74) is 0.173. The molecule has 0 aliphatic heterocycles. The molecular weight excluding hydrogens is 359 g/mol. The fourth-order valence-corrected chi connectivity index (χ4v) is 2.75. The van der Waals surface area contributed by atoms with Crippen molar-refractivity contribution in [1.29, 1.82) is 0 Å². The van der Waals surface area contributed by atoms with E-state index in [9.17, 15) is 14.0 Å². The lowest BCUT2D eigenvalue weighted by Gasteiger charge is -2.26. The average molecular weight is 381 g/mol. The summed E-state index contributed by atoms with van der Waals surface area (Å²) in [6.45, 7) is 6.23. The number of aryl methyl sites for hydroxylation is 1. The van der Waals surface area contributed by atoms with Crippen LogP contribution in [0.25, 0.3) is 0 Å². The van der Waals surface area contributed by atoms with Crippen LogP contribution in [0.15, 0.2) is 34.7 Å². The zero-order valence-corrected chi connectivity index (χ0v) is 15.8. The van der Waals surface area contributed by atoms with Crippen LogP contribution in [-0.2, 0) is 11.3 Å². The highest BCUT2D eigenvalue weighted by Crippen LogP contribution is 2.17. The smallest absolute Gasteiger partial charge is 0.252 e. The van der Waals surface area contributed by atoms with Crippen LogP contribution in [0.1, 0.15) is 42.1 Å². The molecule has 1 heterocycles. The van der Waals surface area contributed by atoms with Gasteiger partial charge in [0.25, 0.3) is 5.91 Å². The Balaban J connectivity index is 1.90. The topological polar surface area (TPSA) is 62.6 Å². The molecule has 0 saturated carbocycles. The van der Waals surface area contributed by atoms with Crippen molar-refractivity contribution in [2.45, 2.75) is 39.8 Å². The average Bonchev–Trinajstić information content (AvgIpc) is 2.97. The number of hydrogen-bond donors (Lipinski definition) is 1.